The average molecular weight is 238 g/mol. The van der Waals surface area contributed by atoms with Crippen LogP contribution in [0.25, 0.3) is 0 Å². The van der Waals surface area contributed by atoms with E-state index in [1.165, 1.54) is 25.9 Å². The Hall–Kier alpha value is -0.940. The van der Waals surface area contributed by atoms with E-state index in [0.717, 1.165) is 6.54 Å². The van der Waals surface area contributed by atoms with Gasteiger partial charge < -0.3 is 14.6 Å². The molecule has 2 rings (SSSR count). The summed E-state index contributed by atoms with van der Waals surface area (Å²) in [5, 5.41) is 11.2. The van der Waals surface area contributed by atoms with Crippen molar-refractivity contribution in [2.45, 2.75) is 33.2 Å². The molecule has 5 heteroatoms. The third-order valence-electron chi connectivity index (χ3n) is 3.59. The molecule has 5 nitrogen and oxygen atoms in total. The first-order valence-electron chi connectivity index (χ1n) is 6.26. The Morgan fingerprint density at radius 3 is 2.65 bits per heavy atom. The fourth-order valence-corrected chi connectivity index (χ4v) is 2.22. The summed E-state index contributed by atoms with van der Waals surface area (Å²) < 4.78 is 5.33. The van der Waals surface area contributed by atoms with Gasteiger partial charge in [0.1, 0.15) is 0 Å². The van der Waals surface area contributed by atoms with Gasteiger partial charge in [0.15, 0.2) is 0 Å². The maximum atomic E-state index is 5.33. The number of hydrogen-bond acceptors (Lipinski definition) is 5. The Bertz CT molecular complexity index is 355. The minimum atomic E-state index is 0.404. The normalized spacial score (nSPS) is 20.6. The zero-order valence-electron chi connectivity index (χ0n) is 11.0. The van der Waals surface area contributed by atoms with Crippen LogP contribution in [0.3, 0.4) is 0 Å². The zero-order valence-corrected chi connectivity index (χ0v) is 11.0. The zero-order chi connectivity index (χ0) is 12.3. The molecule has 1 saturated heterocycles. The number of likely N-dealkylation sites (tertiary alicyclic amines) is 1. The second-order valence-electron chi connectivity index (χ2n) is 5.43. The molecule has 0 bridgehead atoms. The van der Waals surface area contributed by atoms with Crippen molar-refractivity contribution in [3.8, 4) is 0 Å². The molecular formula is C12H22N4O. The molecule has 0 amide bonds. The van der Waals surface area contributed by atoms with E-state index in [9.17, 15) is 0 Å². The van der Waals surface area contributed by atoms with Crippen LogP contribution in [-0.2, 0) is 6.54 Å². The first-order chi connectivity index (χ1) is 8.07. The van der Waals surface area contributed by atoms with Gasteiger partial charge in [-0.2, -0.15) is 0 Å². The minimum Gasteiger partial charge on any atom is -0.424 e. The summed E-state index contributed by atoms with van der Waals surface area (Å²) in [5.41, 5.74) is 0.404. The van der Waals surface area contributed by atoms with Gasteiger partial charge in [0.05, 0.1) is 6.54 Å². The highest BCUT2D eigenvalue weighted by molar-refractivity contribution is 4.85. The highest BCUT2D eigenvalue weighted by Crippen LogP contribution is 2.29. The van der Waals surface area contributed by atoms with Crippen LogP contribution in [0.1, 0.15) is 31.5 Å². The molecule has 1 aliphatic heterocycles. The summed E-state index contributed by atoms with van der Waals surface area (Å²) in [6.45, 7) is 8.24. The van der Waals surface area contributed by atoms with Gasteiger partial charge >= 0.3 is 0 Å². The Morgan fingerprint density at radius 2 is 2.06 bits per heavy atom. The van der Waals surface area contributed by atoms with Gasteiger partial charge in [0, 0.05) is 13.5 Å². The van der Waals surface area contributed by atoms with Crippen molar-refractivity contribution in [1.29, 1.82) is 0 Å². The van der Waals surface area contributed by atoms with E-state index >= 15 is 0 Å². The van der Waals surface area contributed by atoms with Crippen LogP contribution >= 0.6 is 0 Å². The minimum absolute atomic E-state index is 0.404. The van der Waals surface area contributed by atoms with Gasteiger partial charge in [0.2, 0.25) is 11.8 Å². The summed E-state index contributed by atoms with van der Waals surface area (Å²) >= 11 is 0. The molecule has 1 aromatic rings. The van der Waals surface area contributed by atoms with Gasteiger partial charge in [-0.1, -0.05) is 6.92 Å². The van der Waals surface area contributed by atoms with Crippen molar-refractivity contribution in [1.82, 2.24) is 20.4 Å². The van der Waals surface area contributed by atoms with E-state index in [1.807, 2.05) is 6.92 Å². The fourth-order valence-electron chi connectivity index (χ4n) is 2.22. The van der Waals surface area contributed by atoms with Crippen LogP contribution in [0.15, 0.2) is 4.42 Å². The lowest BCUT2D eigenvalue weighted by Gasteiger charge is -2.38. The quantitative estimate of drug-likeness (QED) is 0.854. The predicted octanol–water partition coefficient (Wildman–Crippen LogP) is 1.20. The van der Waals surface area contributed by atoms with Crippen LogP contribution < -0.4 is 5.32 Å². The largest absolute Gasteiger partial charge is 0.424 e. The molecule has 1 aliphatic rings. The third kappa shape index (κ3) is 3.51. The molecule has 0 saturated carbocycles. The molecule has 0 spiro atoms. The van der Waals surface area contributed by atoms with E-state index in [2.05, 4.69) is 34.4 Å². The van der Waals surface area contributed by atoms with E-state index < -0.39 is 0 Å². The van der Waals surface area contributed by atoms with Crippen LogP contribution in [0.4, 0.5) is 0 Å². The molecule has 1 aromatic heterocycles. The summed E-state index contributed by atoms with van der Waals surface area (Å²) in [6.07, 6.45) is 2.50. The number of aryl methyl sites for hydroxylation is 1. The summed E-state index contributed by atoms with van der Waals surface area (Å²) in [4.78, 5) is 2.39. The smallest absolute Gasteiger partial charge is 0.230 e. The van der Waals surface area contributed by atoms with E-state index in [1.54, 1.807) is 0 Å². The van der Waals surface area contributed by atoms with Crippen LogP contribution in [0.2, 0.25) is 0 Å². The standard InChI is InChI=1S/C12H22N4O/c1-10-14-15-11(17-10)8-13-9-12(2)4-6-16(3)7-5-12/h13H,4-9H2,1-3H3. The Morgan fingerprint density at radius 1 is 1.35 bits per heavy atom. The van der Waals surface area contributed by atoms with E-state index in [0.29, 0.717) is 23.7 Å². The summed E-state index contributed by atoms with van der Waals surface area (Å²) in [7, 11) is 2.19. The van der Waals surface area contributed by atoms with Crippen molar-refractivity contribution >= 4 is 0 Å². The van der Waals surface area contributed by atoms with Crippen molar-refractivity contribution < 1.29 is 4.42 Å². The van der Waals surface area contributed by atoms with Gasteiger partial charge in [-0.05, 0) is 38.4 Å². The lowest BCUT2D eigenvalue weighted by atomic mass is 9.80. The summed E-state index contributed by atoms with van der Waals surface area (Å²) in [5.74, 6) is 1.31. The average Bonchev–Trinajstić information content (AvgIpc) is 2.69. The number of nitrogens with zero attached hydrogens (tertiary/aromatic N) is 3. The number of nitrogens with one attached hydrogen (secondary N) is 1. The maximum absolute atomic E-state index is 5.33. The molecule has 1 fully saturated rings. The van der Waals surface area contributed by atoms with Gasteiger partial charge in [0.25, 0.3) is 0 Å². The number of aromatic nitrogens is 2. The highest BCUT2D eigenvalue weighted by atomic mass is 16.4. The SMILES string of the molecule is Cc1nnc(CNCC2(C)CCN(C)CC2)o1. The Labute approximate surface area is 103 Å². The number of piperidine rings is 1. The monoisotopic (exact) mass is 238 g/mol. The van der Waals surface area contributed by atoms with E-state index in [-0.39, 0.29) is 0 Å². The third-order valence-corrected chi connectivity index (χ3v) is 3.59. The Balaban J connectivity index is 1.74. The molecule has 0 atom stereocenters. The molecular weight excluding hydrogens is 216 g/mol. The number of hydrogen-bond donors (Lipinski definition) is 1. The molecule has 0 unspecified atom stereocenters. The highest BCUT2D eigenvalue weighted by Gasteiger charge is 2.28. The van der Waals surface area contributed by atoms with Gasteiger partial charge in [-0.25, -0.2) is 0 Å². The van der Waals surface area contributed by atoms with Crippen molar-refractivity contribution in [3.63, 3.8) is 0 Å². The van der Waals surface area contributed by atoms with Crippen molar-refractivity contribution in [2.24, 2.45) is 5.41 Å². The molecule has 17 heavy (non-hydrogen) atoms. The first-order valence-corrected chi connectivity index (χ1v) is 6.26. The molecule has 0 radical (unpaired) electrons. The topological polar surface area (TPSA) is 54.2 Å². The van der Waals surface area contributed by atoms with Crippen molar-refractivity contribution in [2.75, 3.05) is 26.7 Å². The molecule has 0 aromatic carbocycles. The second-order valence-corrected chi connectivity index (χ2v) is 5.43. The predicted molar refractivity (Wildman–Crippen MR) is 65.6 cm³/mol. The van der Waals surface area contributed by atoms with E-state index in [4.69, 9.17) is 4.42 Å². The maximum Gasteiger partial charge on any atom is 0.230 e. The first kappa shape index (κ1) is 12.5. The summed E-state index contributed by atoms with van der Waals surface area (Å²) in [6, 6.07) is 0. The second kappa shape index (κ2) is 5.14. The Kier molecular flexibility index (Phi) is 3.79. The van der Waals surface area contributed by atoms with Crippen LogP contribution in [-0.4, -0.2) is 41.8 Å². The lowest BCUT2D eigenvalue weighted by Crippen LogP contribution is -2.41. The fraction of sp³-hybridized carbons (Fsp3) is 0.833. The van der Waals surface area contributed by atoms with Gasteiger partial charge in [-0.15, -0.1) is 10.2 Å². The molecule has 2 heterocycles. The van der Waals surface area contributed by atoms with Crippen LogP contribution in [0.5, 0.6) is 0 Å². The number of rotatable bonds is 4. The molecule has 96 valence electrons. The lowest BCUT2D eigenvalue weighted by molar-refractivity contribution is 0.136. The van der Waals surface area contributed by atoms with Gasteiger partial charge in [-0.3, -0.25) is 0 Å². The molecule has 0 aliphatic carbocycles. The molecule has 1 N–H and O–H groups in total. The van der Waals surface area contributed by atoms with Crippen LogP contribution in [0, 0.1) is 12.3 Å². The van der Waals surface area contributed by atoms with Crippen molar-refractivity contribution in [3.05, 3.63) is 11.8 Å².